The van der Waals surface area contributed by atoms with Crippen molar-refractivity contribution >= 4 is 11.9 Å². The second-order valence-corrected chi connectivity index (χ2v) is 5.75. The monoisotopic (exact) mass is 321 g/mol. The van der Waals surface area contributed by atoms with E-state index in [4.69, 9.17) is 14.6 Å². The van der Waals surface area contributed by atoms with Crippen LogP contribution in [0.1, 0.15) is 39.1 Å². The van der Waals surface area contributed by atoms with Gasteiger partial charge in [0.2, 0.25) is 0 Å². The third-order valence-corrected chi connectivity index (χ3v) is 3.94. The standard InChI is InChI=1S/C17H23NO5/c1-12-9-13(11-14(10-12)17(20)21)16(19)18-5-3-15(4-6-18)23-8-7-22-2/h9-11,15H,3-8H2,1-2H3,(H,20,21). The lowest BCUT2D eigenvalue weighted by Crippen LogP contribution is -2.41. The van der Waals surface area contributed by atoms with E-state index >= 15 is 0 Å². The number of ether oxygens (including phenoxy) is 2. The second-order valence-electron chi connectivity index (χ2n) is 5.75. The van der Waals surface area contributed by atoms with Crippen LogP contribution in [-0.4, -0.2) is 61.4 Å². The van der Waals surface area contributed by atoms with Gasteiger partial charge in [-0.15, -0.1) is 0 Å². The van der Waals surface area contributed by atoms with E-state index in [1.807, 2.05) is 0 Å². The summed E-state index contributed by atoms with van der Waals surface area (Å²) in [6.45, 7) is 4.16. The van der Waals surface area contributed by atoms with Crippen molar-refractivity contribution in [2.75, 3.05) is 33.4 Å². The molecule has 1 fully saturated rings. The maximum atomic E-state index is 12.6. The Morgan fingerprint density at radius 3 is 2.43 bits per heavy atom. The van der Waals surface area contributed by atoms with Crippen LogP contribution < -0.4 is 0 Å². The Morgan fingerprint density at radius 2 is 1.83 bits per heavy atom. The molecule has 6 nitrogen and oxygen atoms in total. The molecule has 1 aliphatic heterocycles. The Balaban J connectivity index is 1.96. The summed E-state index contributed by atoms with van der Waals surface area (Å²) in [5.41, 5.74) is 1.35. The lowest BCUT2D eigenvalue weighted by atomic mass is 10.0. The number of aryl methyl sites for hydroxylation is 1. The first-order chi connectivity index (χ1) is 11.0. The average molecular weight is 321 g/mol. The van der Waals surface area contributed by atoms with E-state index in [2.05, 4.69) is 0 Å². The molecule has 0 saturated carbocycles. The number of benzene rings is 1. The van der Waals surface area contributed by atoms with Gasteiger partial charge in [-0.1, -0.05) is 0 Å². The second kappa shape index (κ2) is 8.08. The Hall–Kier alpha value is -1.92. The summed E-state index contributed by atoms with van der Waals surface area (Å²) in [6.07, 6.45) is 1.72. The number of methoxy groups -OCH3 is 1. The van der Waals surface area contributed by atoms with E-state index in [0.717, 1.165) is 18.4 Å². The molecule has 6 heteroatoms. The number of carbonyl (C=O) groups is 2. The van der Waals surface area contributed by atoms with Crippen LogP contribution >= 0.6 is 0 Å². The molecule has 126 valence electrons. The largest absolute Gasteiger partial charge is 0.478 e. The first-order valence-electron chi connectivity index (χ1n) is 7.76. The molecule has 1 aromatic carbocycles. The number of amides is 1. The van der Waals surface area contributed by atoms with Crippen LogP contribution in [0.2, 0.25) is 0 Å². The summed E-state index contributed by atoms with van der Waals surface area (Å²) < 4.78 is 10.6. The van der Waals surface area contributed by atoms with Crippen LogP contribution in [0.3, 0.4) is 0 Å². The van der Waals surface area contributed by atoms with Crippen LogP contribution in [0.25, 0.3) is 0 Å². The molecule has 0 aliphatic carbocycles. The zero-order valence-electron chi connectivity index (χ0n) is 13.6. The van der Waals surface area contributed by atoms with Crippen LogP contribution in [-0.2, 0) is 9.47 Å². The molecular weight excluding hydrogens is 298 g/mol. The van der Waals surface area contributed by atoms with E-state index in [1.165, 1.54) is 6.07 Å². The zero-order valence-corrected chi connectivity index (χ0v) is 13.6. The van der Waals surface area contributed by atoms with Crippen molar-refractivity contribution in [3.63, 3.8) is 0 Å². The fourth-order valence-electron chi connectivity index (χ4n) is 2.74. The first-order valence-corrected chi connectivity index (χ1v) is 7.76. The van der Waals surface area contributed by atoms with Crippen LogP contribution in [0, 0.1) is 6.92 Å². The van der Waals surface area contributed by atoms with Gasteiger partial charge in [-0.2, -0.15) is 0 Å². The van der Waals surface area contributed by atoms with Crippen molar-refractivity contribution in [2.24, 2.45) is 0 Å². The molecule has 1 N–H and O–H groups in total. The molecule has 1 saturated heterocycles. The maximum Gasteiger partial charge on any atom is 0.335 e. The molecule has 1 aliphatic rings. The zero-order chi connectivity index (χ0) is 16.8. The van der Waals surface area contributed by atoms with Gasteiger partial charge in [-0.3, -0.25) is 4.79 Å². The first kappa shape index (κ1) is 17.4. The lowest BCUT2D eigenvalue weighted by Gasteiger charge is -2.32. The molecule has 0 bridgehead atoms. The van der Waals surface area contributed by atoms with Gasteiger partial charge in [-0.05, 0) is 43.5 Å². The van der Waals surface area contributed by atoms with Crippen molar-refractivity contribution in [2.45, 2.75) is 25.9 Å². The summed E-state index contributed by atoms with van der Waals surface area (Å²) in [5, 5.41) is 9.11. The highest BCUT2D eigenvalue weighted by Crippen LogP contribution is 2.18. The number of hydrogen-bond donors (Lipinski definition) is 1. The summed E-state index contributed by atoms with van der Waals surface area (Å²) in [7, 11) is 1.64. The van der Waals surface area contributed by atoms with Gasteiger partial charge in [0, 0.05) is 25.8 Å². The van der Waals surface area contributed by atoms with Crippen molar-refractivity contribution in [3.8, 4) is 0 Å². The van der Waals surface area contributed by atoms with Gasteiger partial charge in [0.05, 0.1) is 24.9 Å². The molecule has 23 heavy (non-hydrogen) atoms. The highest BCUT2D eigenvalue weighted by molar-refractivity contribution is 5.97. The summed E-state index contributed by atoms with van der Waals surface area (Å²) in [5.74, 6) is -1.14. The fourth-order valence-corrected chi connectivity index (χ4v) is 2.74. The van der Waals surface area contributed by atoms with Crippen LogP contribution in [0.4, 0.5) is 0 Å². The summed E-state index contributed by atoms with van der Waals surface area (Å²) in [4.78, 5) is 25.4. The van der Waals surface area contributed by atoms with Crippen molar-refractivity contribution < 1.29 is 24.2 Å². The quantitative estimate of drug-likeness (QED) is 0.811. The number of piperidine rings is 1. The average Bonchev–Trinajstić information content (AvgIpc) is 2.54. The minimum absolute atomic E-state index is 0.119. The fraction of sp³-hybridized carbons (Fsp3) is 0.529. The number of hydrogen-bond acceptors (Lipinski definition) is 4. The smallest absolute Gasteiger partial charge is 0.335 e. The molecule has 0 radical (unpaired) electrons. The highest BCUT2D eigenvalue weighted by atomic mass is 16.5. The van der Waals surface area contributed by atoms with Gasteiger partial charge in [0.1, 0.15) is 0 Å². The van der Waals surface area contributed by atoms with Gasteiger partial charge < -0.3 is 19.5 Å². The Labute approximate surface area is 136 Å². The topological polar surface area (TPSA) is 76.1 Å². The molecule has 1 heterocycles. The predicted octanol–water partition coefficient (Wildman–Crippen LogP) is 1.96. The van der Waals surface area contributed by atoms with E-state index in [9.17, 15) is 9.59 Å². The van der Waals surface area contributed by atoms with Gasteiger partial charge in [0.15, 0.2) is 0 Å². The minimum atomic E-state index is -1.02. The molecule has 1 aromatic rings. The molecule has 0 aromatic heterocycles. The van der Waals surface area contributed by atoms with Gasteiger partial charge in [0.25, 0.3) is 5.91 Å². The molecule has 0 unspecified atom stereocenters. The number of carbonyl (C=O) groups excluding carboxylic acids is 1. The Morgan fingerprint density at radius 1 is 1.17 bits per heavy atom. The molecule has 0 spiro atoms. The van der Waals surface area contributed by atoms with Crippen molar-refractivity contribution in [1.82, 2.24) is 4.90 Å². The van der Waals surface area contributed by atoms with E-state index < -0.39 is 5.97 Å². The molecule has 2 rings (SSSR count). The normalized spacial score (nSPS) is 15.7. The number of nitrogens with zero attached hydrogens (tertiary/aromatic N) is 1. The SMILES string of the molecule is COCCOC1CCN(C(=O)c2cc(C)cc(C(=O)O)c2)CC1. The molecule has 1 amide bonds. The lowest BCUT2D eigenvalue weighted by molar-refractivity contribution is -0.0122. The number of likely N-dealkylation sites (tertiary alicyclic amines) is 1. The summed E-state index contributed by atoms with van der Waals surface area (Å²) in [6, 6.07) is 4.74. The van der Waals surface area contributed by atoms with E-state index in [0.29, 0.717) is 31.9 Å². The minimum Gasteiger partial charge on any atom is -0.478 e. The van der Waals surface area contributed by atoms with Gasteiger partial charge >= 0.3 is 5.97 Å². The number of aromatic carboxylic acids is 1. The van der Waals surface area contributed by atoms with Crippen molar-refractivity contribution in [3.05, 3.63) is 34.9 Å². The van der Waals surface area contributed by atoms with Gasteiger partial charge in [-0.25, -0.2) is 4.79 Å². The molecule has 0 atom stereocenters. The number of carboxylic acids is 1. The summed E-state index contributed by atoms with van der Waals surface area (Å²) >= 11 is 0. The maximum absolute atomic E-state index is 12.6. The Kier molecular flexibility index (Phi) is 6.12. The van der Waals surface area contributed by atoms with Crippen LogP contribution in [0.15, 0.2) is 18.2 Å². The third-order valence-electron chi connectivity index (χ3n) is 3.94. The predicted molar refractivity (Wildman–Crippen MR) is 84.9 cm³/mol. The highest BCUT2D eigenvalue weighted by Gasteiger charge is 2.24. The third kappa shape index (κ3) is 4.77. The van der Waals surface area contributed by atoms with Crippen molar-refractivity contribution in [1.29, 1.82) is 0 Å². The van der Waals surface area contributed by atoms with E-state index in [-0.39, 0.29) is 17.6 Å². The number of carboxylic acid groups (broad SMARTS) is 1. The molecular formula is C17H23NO5. The van der Waals surface area contributed by atoms with E-state index in [1.54, 1.807) is 31.1 Å². The number of rotatable bonds is 6. The Bertz CT molecular complexity index is 564. The van der Waals surface area contributed by atoms with Crippen LogP contribution in [0.5, 0.6) is 0 Å².